The van der Waals surface area contributed by atoms with Gasteiger partial charge in [-0.15, -0.1) is 0 Å². The zero-order chi connectivity index (χ0) is 80.1. The molecule has 4 amide bonds. The molecule has 2 unspecified atom stereocenters. The fourth-order valence-corrected chi connectivity index (χ4v) is 15.6. The van der Waals surface area contributed by atoms with E-state index in [1.165, 1.54) is 67.8 Å². The van der Waals surface area contributed by atoms with E-state index in [1.54, 1.807) is 41.7 Å². The van der Waals surface area contributed by atoms with Crippen LogP contribution in [0.2, 0.25) is 30.1 Å². The second kappa shape index (κ2) is 37.4. The number of hydrogen-bond donors (Lipinski definition) is 7. The number of amides is 4. The maximum absolute atomic E-state index is 12.0. The first-order valence-electron chi connectivity index (χ1n) is 35.1. The highest BCUT2D eigenvalue weighted by Gasteiger charge is 2.35. The number of halogens is 6. The van der Waals surface area contributed by atoms with E-state index in [1.807, 2.05) is 61.5 Å². The van der Waals surface area contributed by atoms with Crippen molar-refractivity contribution < 1.29 is 47.6 Å². The van der Waals surface area contributed by atoms with Gasteiger partial charge in [0, 0.05) is 126 Å². The fourth-order valence-electron chi connectivity index (χ4n) is 13.4. The second-order valence-corrected chi connectivity index (χ2v) is 28.5. The molecule has 3 aromatic heterocycles. The number of likely N-dealkylation sites (tertiary alicyclic amines) is 2. The summed E-state index contributed by atoms with van der Waals surface area (Å²) in [5, 5.41) is 23.7. The lowest BCUT2D eigenvalue weighted by Gasteiger charge is -2.40. The van der Waals surface area contributed by atoms with Crippen molar-refractivity contribution in [3.8, 4) is 67.9 Å². The number of anilines is 3. The smallest absolute Gasteiger partial charge is 0.243 e. The van der Waals surface area contributed by atoms with Crippen molar-refractivity contribution in [2.45, 2.75) is 82.2 Å². The largest absolute Gasteiger partial charge is 0.495 e. The Bertz CT molecular complexity index is 4790. The summed E-state index contributed by atoms with van der Waals surface area (Å²) >= 11 is 39.6. The van der Waals surface area contributed by atoms with Crippen LogP contribution in [0, 0.1) is 5.92 Å². The van der Waals surface area contributed by atoms with Crippen LogP contribution >= 0.6 is 69.6 Å². The van der Waals surface area contributed by atoms with E-state index >= 15 is 0 Å². The zero-order valence-corrected chi connectivity index (χ0v) is 66.9. The number of hydrogen-bond acceptors (Lipinski definition) is 21. The molecule has 12 rings (SSSR count). The first-order valence-corrected chi connectivity index (χ1v) is 37.3. The standard InChI is InChI=1S/2C27H29Cl2N5O3.C26H27Cl2N5O4/c1-6-23(35)31-19-9-10-34(15(2)3)14-20(19)33-27-30-13-17-11-16(7-8-18(17)32-27)24-25(28)21(36-4)12-22(37-5)26(24)29;1-5-23(35)32-19-9-6-15(14(2)30)11-20(19)34-27-31-13-17-10-16(7-8-18(17)33-27)24-25(28)21(36-3)12-22(37-4)26(24)29;1-5-22(35)30-19-13-33(14(2)34)9-8-18(19)32-26-29-12-16-10-15(6-7-17(16)31-26)23-24(27)20(36-3)11-21(37-4)25(23)28/h6-8,11-13,19-20H,1-2,9-10,14H2,3-5H3,(H,31,35)(H,30,32,33);5,7-8,10,12-13,15,19-20H,1-2,6,9,11,30H2,3-4H3,(H,32,35)(H,31,33,34);5-7,10-12,18-19H,1,8-9,13H2,2-4H3,(H,30,35)(H,29,31,32)/t19-,20+;15-,19-,20+;/m00./s1. The number of benzene rings is 6. The minimum Gasteiger partial charge on any atom is -0.495 e. The number of nitrogens with one attached hydrogen (secondary N) is 6. The van der Waals surface area contributed by atoms with Crippen molar-refractivity contribution in [3.63, 3.8) is 0 Å². The predicted molar refractivity (Wildman–Crippen MR) is 441 cm³/mol. The van der Waals surface area contributed by atoms with Crippen molar-refractivity contribution in [1.29, 1.82) is 0 Å². The van der Waals surface area contributed by atoms with Gasteiger partial charge < -0.3 is 75.9 Å². The molecule has 3 aliphatic rings. The van der Waals surface area contributed by atoms with Crippen molar-refractivity contribution >= 4 is 144 Å². The van der Waals surface area contributed by atoms with Crippen molar-refractivity contribution in [2.24, 2.45) is 11.7 Å². The molecule has 1 saturated carbocycles. The zero-order valence-electron chi connectivity index (χ0n) is 62.3. The van der Waals surface area contributed by atoms with E-state index in [4.69, 9.17) is 114 Å². The van der Waals surface area contributed by atoms with Crippen LogP contribution in [0.1, 0.15) is 46.0 Å². The molecule has 8 N–H and O–H groups in total. The summed E-state index contributed by atoms with van der Waals surface area (Å²) in [6.45, 7) is 24.5. The summed E-state index contributed by atoms with van der Waals surface area (Å²) in [7, 11) is 9.20. The molecule has 0 spiro atoms. The number of ether oxygens (including phenoxy) is 6. The summed E-state index contributed by atoms with van der Waals surface area (Å²) < 4.78 is 32.3. The lowest BCUT2D eigenvalue weighted by atomic mass is 9.81. The summed E-state index contributed by atoms with van der Waals surface area (Å²) in [5.74, 6) is 3.43. The van der Waals surface area contributed by atoms with Crippen molar-refractivity contribution in [1.82, 2.24) is 55.7 Å². The Morgan fingerprint density at radius 2 is 0.766 bits per heavy atom. The van der Waals surface area contributed by atoms with E-state index in [0.29, 0.717) is 143 Å². The number of rotatable bonds is 23. The maximum Gasteiger partial charge on any atom is 0.243 e. The summed E-state index contributed by atoms with van der Waals surface area (Å²) in [4.78, 5) is 79.3. The molecule has 111 heavy (non-hydrogen) atoms. The van der Waals surface area contributed by atoms with Crippen LogP contribution in [-0.2, 0) is 19.2 Å². The third-order valence-electron chi connectivity index (χ3n) is 19.4. The van der Waals surface area contributed by atoms with Gasteiger partial charge >= 0.3 is 0 Å². The molecule has 0 radical (unpaired) electrons. The summed E-state index contributed by atoms with van der Waals surface area (Å²) in [6, 6.07) is 21.0. The van der Waals surface area contributed by atoms with Crippen LogP contribution in [0.25, 0.3) is 66.1 Å². The quantitative estimate of drug-likeness (QED) is 0.0293. The molecule has 9 aromatic rings. The Labute approximate surface area is 673 Å². The Morgan fingerprint density at radius 3 is 1.11 bits per heavy atom. The van der Waals surface area contributed by atoms with Crippen LogP contribution < -0.4 is 66.1 Å². The van der Waals surface area contributed by atoms with Crippen LogP contribution in [-0.4, -0.2) is 168 Å². The second-order valence-electron chi connectivity index (χ2n) is 26.3. The number of allylic oxidation sites excluding steroid dienone is 2. The topological polar surface area (TPSA) is 306 Å². The normalized spacial score (nSPS) is 17.9. The van der Waals surface area contributed by atoms with Crippen LogP contribution in [0.15, 0.2) is 154 Å². The number of piperidine rings is 2. The van der Waals surface area contributed by atoms with Gasteiger partial charge in [0.1, 0.15) is 34.5 Å². The molecule has 25 nitrogen and oxygen atoms in total. The number of aromatic nitrogens is 6. The van der Waals surface area contributed by atoms with Crippen molar-refractivity contribution in [3.05, 3.63) is 184 Å². The highest BCUT2D eigenvalue weighted by atomic mass is 35.5. The van der Waals surface area contributed by atoms with Gasteiger partial charge in [0.15, 0.2) is 0 Å². The number of carbonyl (C=O) groups is 4. The first-order chi connectivity index (χ1) is 53.2. The average Bonchev–Trinajstić information content (AvgIpc) is 0.783. The van der Waals surface area contributed by atoms with E-state index in [2.05, 4.69) is 89.6 Å². The molecular formula is C80H85Cl6N15O10. The molecule has 3 fully saturated rings. The van der Waals surface area contributed by atoms with E-state index in [-0.39, 0.29) is 65.8 Å². The minimum absolute atomic E-state index is 0.0390. The monoisotopic (exact) mass is 1630 g/mol. The molecule has 31 heteroatoms. The lowest BCUT2D eigenvalue weighted by molar-refractivity contribution is -0.131. The van der Waals surface area contributed by atoms with Crippen LogP contribution in [0.5, 0.6) is 34.5 Å². The predicted octanol–water partition coefficient (Wildman–Crippen LogP) is 15.0. The third-order valence-corrected chi connectivity index (χ3v) is 21.6. The van der Waals surface area contributed by atoms with Gasteiger partial charge in [0.05, 0.1) is 114 Å². The first kappa shape index (κ1) is 82.9. The number of nitrogens with two attached hydrogens (primary N) is 1. The molecule has 2 saturated heterocycles. The van der Waals surface area contributed by atoms with Gasteiger partial charge in [0.25, 0.3) is 0 Å². The highest BCUT2D eigenvalue weighted by Crippen LogP contribution is 2.50. The van der Waals surface area contributed by atoms with Gasteiger partial charge in [-0.2, -0.15) is 0 Å². The lowest BCUT2D eigenvalue weighted by Crippen LogP contribution is -2.58. The molecule has 6 aromatic carbocycles. The Morgan fingerprint density at radius 1 is 0.441 bits per heavy atom. The van der Waals surface area contributed by atoms with Gasteiger partial charge in [-0.25, -0.2) is 29.9 Å². The highest BCUT2D eigenvalue weighted by molar-refractivity contribution is 6.42. The van der Waals surface area contributed by atoms with E-state index in [0.717, 1.165) is 75.4 Å². The van der Waals surface area contributed by atoms with E-state index < -0.39 is 0 Å². The Balaban J connectivity index is 0.000000177. The molecule has 5 heterocycles. The summed E-state index contributed by atoms with van der Waals surface area (Å²) in [5.41, 5.74) is 13.9. The third kappa shape index (κ3) is 19.4. The molecule has 0 bridgehead atoms. The van der Waals surface area contributed by atoms with Gasteiger partial charge in [-0.1, -0.05) is 121 Å². The van der Waals surface area contributed by atoms with Gasteiger partial charge in [-0.05, 0) is 116 Å². The average molecular weight is 1630 g/mol. The molecule has 7 atom stereocenters. The van der Waals surface area contributed by atoms with Crippen molar-refractivity contribution in [2.75, 3.05) is 84.8 Å². The van der Waals surface area contributed by atoms with E-state index in [9.17, 15) is 19.2 Å². The SMILES string of the molecule is C=CC(=O)NC1CN(C(C)=O)CCC1Nc1ncc2cc(-c3c(Cl)c(OC)cc(OC)c3Cl)ccc2n1.C=CC(=O)N[C@H]1CCN(C(=C)C)C[C@H]1Nc1ncc2cc(-c3c(Cl)c(OC)cc(OC)c3Cl)ccc2n1.C=CC(=O)N[C@H]1CC[C@H](C(=C)N)C[C@H]1Nc1ncc2cc(-c3c(Cl)c(OC)cc(OC)c3Cl)ccc2n1. The Kier molecular flexibility index (Phi) is 28.0. The number of methoxy groups -OCH3 is 6. The molecular weight excluding hydrogens is 1540 g/mol. The summed E-state index contributed by atoms with van der Waals surface area (Å²) in [6.07, 6.45) is 12.6. The number of nitrogens with zero attached hydrogens (tertiary/aromatic N) is 8. The number of fused-ring (bicyclic) bond motifs is 3. The van der Waals surface area contributed by atoms with Crippen LogP contribution in [0.3, 0.4) is 0 Å². The fraction of sp³-hybridized carbons (Fsp3) is 0.300. The number of carbonyl (C=O) groups excluding carboxylic acids is 4. The minimum atomic E-state index is -0.322. The molecule has 582 valence electrons. The molecule has 2 aliphatic heterocycles. The van der Waals surface area contributed by atoms with Crippen LogP contribution in [0.4, 0.5) is 17.8 Å². The molecule has 1 aliphatic carbocycles. The maximum atomic E-state index is 12.0. The van der Waals surface area contributed by atoms with Gasteiger partial charge in [-0.3, -0.25) is 19.2 Å². The Hall–Kier alpha value is -10.5. The van der Waals surface area contributed by atoms with Gasteiger partial charge in [0.2, 0.25) is 41.5 Å².